The first-order valence-corrected chi connectivity index (χ1v) is 5.29. The predicted molar refractivity (Wildman–Crippen MR) is 49.7 cm³/mol. The minimum Gasteiger partial charge on any atom is -0.398 e. The summed E-state index contributed by atoms with van der Waals surface area (Å²) in [4.78, 5) is 11.2. The molecule has 0 heterocycles. The Hall–Kier alpha value is -0.353. The quantitative estimate of drug-likeness (QED) is 0.462. The molecule has 4 heteroatoms. The van der Waals surface area contributed by atoms with Gasteiger partial charge in [-0.25, -0.2) is 0 Å². The van der Waals surface area contributed by atoms with Crippen molar-refractivity contribution in [1.29, 1.82) is 0 Å². The van der Waals surface area contributed by atoms with Crippen molar-refractivity contribution < 1.29 is 9.22 Å². The van der Waals surface area contributed by atoms with Crippen LogP contribution in [0.1, 0.15) is 33.6 Å². The van der Waals surface area contributed by atoms with Crippen LogP contribution >= 0.6 is 0 Å². The third-order valence-corrected chi connectivity index (χ3v) is 2.52. The lowest BCUT2D eigenvalue weighted by Gasteiger charge is -2.17. The van der Waals surface area contributed by atoms with Crippen molar-refractivity contribution in [2.75, 3.05) is 13.2 Å². The molecular formula is C8H17NO2Si. The fraction of sp³-hybridized carbons (Fsp3) is 0.875. The Kier molecular flexibility index (Phi) is 7.09. The van der Waals surface area contributed by atoms with E-state index in [9.17, 15) is 4.79 Å². The lowest BCUT2D eigenvalue weighted by atomic mass is 10.4. The van der Waals surface area contributed by atoms with E-state index in [-0.39, 0.29) is 15.8 Å². The highest BCUT2D eigenvalue weighted by Crippen LogP contribution is 1.92. The molecule has 1 amide bonds. The van der Waals surface area contributed by atoms with Gasteiger partial charge in [0.2, 0.25) is 5.91 Å². The monoisotopic (exact) mass is 187 g/mol. The molecule has 3 nitrogen and oxygen atoms in total. The topological polar surface area (TPSA) is 29.5 Å². The molecular weight excluding hydrogens is 170 g/mol. The summed E-state index contributed by atoms with van der Waals surface area (Å²) in [6.07, 6.45) is 1.57. The van der Waals surface area contributed by atoms with Crippen LogP contribution in [0.25, 0.3) is 0 Å². The summed E-state index contributed by atoms with van der Waals surface area (Å²) in [6, 6.07) is 0. The normalized spacial score (nSPS) is 9.92. The van der Waals surface area contributed by atoms with Gasteiger partial charge in [0.1, 0.15) is 0 Å². The minimum atomic E-state index is 0.173. The molecule has 0 spiro atoms. The molecule has 0 aromatic rings. The van der Waals surface area contributed by atoms with E-state index in [2.05, 4.69) is 6.92 Å². The Balaban J connectivity index is 3.60. The van der Waals surface area contributed by atoms with E-state index in [1.165, 1.54) is 0 Å². The summed E-state index contributed by atoms with van der Waals surface area (Å²) in [7, 11) is 0.201. The summed E-state index contributed by atoms with van der Waals surface area (Å²) in [5, 5.41) is 0. The number of rotatable bonds is 6. The number of hydrogen-bond acceptors (Lipinski definition) is 2. The fourth-order valence-corrected chi connectivity index (χ4v) is 1.55. The van der Waals surface area contributed by atoms with Crippen LogP contribution in [0.3, 0.4) is 0 Å². The smallest absolute Gasteiger partial charge is 0.384 e. The van der Waals surface area contributed by atoms with Crippen LogP contribution in [-0.2, 0) is 9.22 Å². The minimum absolute atomic E-state index is 0.173. The van der Waals surface area contributed by atoms with Gasteiger partial charge in [0, 0.05) is 19.6 Å². The zero-order chi connectivity index (χ0) is 9.40. The Bertz CT molecular complexity index is 130. The van der Waals surface area contributed by atoms with Crippen molar-refractivity contribution in [3.05, 3.63) is 0 Å². The zero-order valence-corrected chi connectivity index (χ0v) is 9.09. The lowest BCUT2D eigenvalue weighted by Crippen LogP contribution is -2.35. The van der Waals surface area contributed by atoms with Gasteiger partial charge in [-0.15, -0.1) is 0 Å². The van der Waals surface area contributed by atoms with E-state index < -0.39 is 0 Å². The van der Waals surface area contributed by atoms with Crippen LogP contribution in [0.15, 0.2) is 0 Å². The second kappa shape index (κ2) is 7.30. The maximum absolute atomic E-state index is 11.2. The van der Waals surface area contributed by atoms with E-state index in [0.29, 0.717) is 6.42 Å². The maximum atomic E-state index is 11.2. The van der Waals surface area contributed by atoms with Crippen molar-refractivity contribution in [1.82, 2.24) is 4.57 Å². The highest BCUT2D eigenvalue weighted by molar-refractivity contribution is 6.29. The summed E-state index contributed by atoms with van der Waals surface area (Å²) in [6.45, 7) is 7.38. The first-order chi connectivity index (χ1) is 5.76. The van der Waals surface area contributed by atoms with Crippen molar-refractivity contribution in [2.24, 2.45) is 0 Å². The lowest BCUT2D eigenvalue weighted by molar-refractivity contribution is -0.126. The molecule has 0 aromatic carbocycles. The third-order valence-electron chi connectivity index (χ3n) is 1.40. The molecule has 0 saturated carbocycles. The molecule has 0 rings (SSSR count). The van der Waals surface area contributed by atoms with E-state index >= 15 is 0 Å². The molecule has 0 unspecified atom stereocenters. The van der Waals surface area contributed by atoms with Crippen LogP contribution < -0.4 is 0 Å². The zero-order valence-electron chi connectivity index (χ0n) is 8.09. The molecule has 70 valence electrons. The van der Waals surface area contributed by atoms with Gasteiger partial charge in [-0.1, -0.05) is 13.8 Å². The maximum Gasteiger partial charge on any atom is 0.384 e. The van der Waals surface area contributed by atoms with Gasteiger partial charge in [-0.2, -0.15) is 0 Å². The van der Waals surface area contributed by atoms with Crippen LogP contribution in [-0.4, -0.2) is 33.5 Å². The molecule has 0 aromatic heterocycles. The Labute approximate surface area is 77.1 Å². The number of carbonyl (C=O) groups is 1. The van der Waals surface area contributed by atoms with Gasteiger partial charge in [0.25, 0.3) is 0 Å². The van der Waals surface area contributed by atoms with E-state index in [1.54, 1.807) is 4.57 Å². The molecule has 0 bridgehead atoms. The number of amides is 1. The summed E-state index contributed by atoms with van der Waals surface area (Å²) in [5.41, 5.74) is 0. The average molecular weight is 187 g/mol. The van der Waals surface area contributed by atoms with Gasteiger partial charge in [0.05, 0.1) is 0 Å². The van der Waals surface area contributed by atoms with Gasteiger partial charge in [-0.3, -0.25) is 4.79 Å². The second-order valence-corrected chi connectivity index (χ2v) is 3.44. The van der Waals surface area contributed by atoms with E-state index in [1.807, 2.05) is 13.8 Å². The van der Waals surface area contributed by atoms with Gasteiger partial charge in [0.15, 0.2) is 0 Å². The van der Waals surface area contributed by atoms with Gasteiger partial charge < -0.3 is 8.99 Å². The molecule has 0 aliphatic carbocycles. The number of nitrogens with zero attached hydrogens (tertiary/aromatic N) is 1. The van der Waals surface area contributed by atoms with Crippen molar-refractivity contribution in [3.8, 4) is 0 Å². The first-order valence-electron chi connectivity index (χ1n) is 4.44. The van der Waals surface area contributed by atoms with Gasteiger partial charge in [-0.05, 0) is 13.3 Å². The predicted octanol–water partition coefficient (Wildman–Crippen LogP) is 1.21. The van der Waals surface area contributed by atoms with Crippen molar-refractivity contribution >= 4 is 15.8 Å². The Morgan fingerprint density at radius 2 is 2.08 bits per heavy atom. The van der Waals surface area contributed by atoms with Crippen LogP contribution in [0, 0.1) is 0 Å². The van der Waals surface area contributed by atoms with Gasteiger partial charge >= 0.3 is 9.92 Å². The number of carbonyl (C=O) groups excluding carboxylic acids is 1. The van der Waals surface area contributed by atoms with Crippen LogP contribution in [0.4, 0.5) is 0 Å². The molecule has 0 aliphatic heterocycles. The van der Waals surface area contributed by atoms with E-state index in [0.717, 1.165) is 19.6 Å². The highest BCUT2D eigenvalue weighted by atomic mass is 28.2. The molecule has 0 atom stereocenters. The Morgan fingerprint density at radius 1 is 1.42 bits per heavy atom. The van der Waals surface area contributed by atoms with Crippen LogP contribution in [0.5, 0.6) is 0 Å². The van der Waals surface area contributed by atoms with Crippen LogP contribution in [0.2, 0.25) is 0 Å². The molecule has 12 heavy (non-hydrogen) atoms. The van der Waals surface area contributed by atoms with Crippen molar-refractivity contribution in [3.63, 3.8) is 0 Å². The third kappa shape index (κ3) is 4.51. The largest absolute Gasteiger partial charge is 0.398 e. The highest BCUT2D eigenvalue weighted by Gasteiger charge is 2.10. The standard InChI is InChI=1S/C8H17NO2Si/c1-4-7-11-12-9(6-3)8(10)5-2/h4-7H2,1-3H3. The summed E-state index contributed by atoms with van der Waals surface area (Å²) >= 11 is 0. The Morgan fingerprint density at radius 3 is 2.50 bits per heavy atom. The number of hydrogen-bond donors (Lipinski definition) is 0. The molecule has 2 radical (unpaired) electrons. The fourth-order valence-electron chi connectivity index (χ4n) is 0.708. The van der Waals surface area contributed by atoms with Crippen molar-refractivity contribution in [2.45, 2.75) is 33.6 Å². The molecule has 0 N–H and O–H groups in total. The summed E-state index contributed by atoms with van der Waals surface area (Å²) < 4.78 is 7.04. The molecule has 0 aliphatic rings. The van der Waals surface area contributed by atoms with E-state index in [4.69, 9.17) is 4.43 Å². The molecule has 0 saturated heterocycles. The average Bonchev–Trinajstić information content (AvgIpc) is 2.11. The first kappa shape index (κ1) is 11.6. The SMILES string of the molecule is CCCO[Si]N(CC)C(=O)CC. The molecule has 0 fully saturated rings. The summed E-state index contributed by atoms with van der Waals surface area (Å²) in [5.74, 6) is 0.173. The second-order valence-electron chi connectivity index (χ2n) is 2.43.